The summed E-state index contributed by atoms with van der Waals surface area (Å²) in [7, 11) is 1.71. The predicted molar refractivity (Wildman–Crippen MR) is 76.8 cm³/mol. The molecule has 0 bridgehead atoms. The molecule has 2 N–H and O–H groups in total. The van der Waals surface area contributed by atoms with Gasteiger partial charge in [0.2, 0.25) is 0 Å². The largest absolute Gasteiger partial charge is 0.481 e. The van der Waals surface area contributed by atoms with E-state index in [-0.39, 0.29) is 11.8 Å². The summed E-state index contributed by atoms with van der Waals surface area (Å²) in [6.07, 6.45) is 1.59. The molecule has 0 aliphatic carbocycles. The van der Waals surface area contributed by atoms with Gasteiger partial charge in [-0.25, -0.2) is 4.98 Å². The third-order valence-electron chi connectivity index (χ3n) is 2.85. The van der Waals surface area contributed by atoms with Crippen molar-refractivity contribution in [3.8, 4) is 0 Å². The number of anilines is 1. The van der Waals surface area contributed by atoms with Gasteiger partial charge in [0.15, 0.2) is 5.13 Å². The number of hydrogen-bond acceptors (Lipinski definition) is 5. The Morgan fingerprint density at radius 3 is 2.95 bits per heavy atom. The van der Waals surface area contributed by atoms with Crippen molar-refractivity contribution in [2.75, 3.05) is 25.6 Å². The fourth-order valence-electron chi connectivity index (χ4n) is 1.52. The van der Waals surface area contributed by atoms with E-state index in [1.54, 1.807) is 7.11 Å². The summed E-state index contributed by atoms with van der Waals surface area (Å²) in [4.78, 5) is 14.9. The van der Waals surface area contributed by atoms with E-state index in [1.807, 2.05) is 5.38 Å². The van der Waals surface area contributed by atoms with E-state index >= 15 is 0 Å². The first-order valence-corrected chi connectivity index (χ1v) is 7.20. The average Bonchev–Trinajstić information content (AvgIpc) is 2.80. The molecular formula is C13H22N2O3S. The smallest absolute Gasteiger partial charge is 0.303 e. The molecule has 0 saturated carbocycles. The summed E-state index contributed by atoms with van der Waals surface area (Å²) in [5.74, 6) is -0.789. The maximum Gasteiger partial charge on any atom is 0.303 e. The molecule has 0 aliphatic rings. The Morgan fingerprint density at radius 1 is 1.58 bits per heavy atom. The molecule has 0 aromatic carbocycles. The second kappa shape index (κ2) is 7.45. The lowest BCUT2D eigenvalue weighted by molar-refractivity contribution is -0.136. The molecule has 0 aliphatic heterocycles. The molecular weight excluding hydrogens is 264 g/mol. The zero-order valence-electron chi connectivity index (χ0n) is 11.7. The quantitative estimate of drug-likeness (QED) is 0.730. The molecule has 1 aromatic rings. The van der Waals surface area contributed by atoms with Crippen molar-refractivity contribution < 1.29 is 14.6 Å². The topological polar surface area (TPSA) is 71.5 Å². The number of hydrogen-bond donors (Lipinski definition) is 2. The first-order chi connectivity index (χ1) is 8.93. The fraction of sp³-hybridized carbons (Fsp3) is 0.692. The minimum absolute atomic E-state index is 0.127. The highest BCUT2D eigenvalue weighted by atomic mass is 32.1. The zero-order valence-corrected chi connectivity index (χ0v) is 12.5. The number of thiazole rings is 1. The average molecular weight is 286 g/mol. The first kappa shape index (κ1) is 15.9. The highest BCUT2D eigenvalue weighted by molar-refractivity contribution is 7.13. The summed E-state index contributed by atoms with van der Waals surface area (Å²) in [5.41, 5.74) is 0.979. The second-order valence-electron chi connectivity index (χ2n) is 5.30. The maximum atomic E-state index is 10.5. The van der Waals surface area contributed by atoms with Crippen LogP contribution in [0.25, 0.3) is 0 Å². The molecule has 0 spiro atoms. The van der Waals surface area contributed by atoms with E-state index in [2.05, 4.69) is 24.1 Å². The molecule has 0 atom stereocenters. The normalized spacial score (nSPS) is 11.5. The first-order valence-electron chi connectivity index (χ1n) is 6.32. The van der Waals surface area contributed by atoms with Crippen molar-refractivity contribution in [3.05, 3.63) is 11.1 Å². The molecule has 1 heterocycles. The number of methoxy groups -OCH3 is 1. The monoisotopic (exact) mass is 286 g/mol. The third-order valence-corrected chi connectivity index (χ3v) is 3.70. The SMILES string of the molecule is COCCC(C)(C)CNc1nc(CCC(=O)O)cs1. The summed E-state index contributed by atoms with van der Waals surface area (Å²) in [6.45, 7) is 5.93. The van der Waals surface area contributed by atoms with Gasteiger partial charge in [0.05, 0.1) is 12.1 Å². The van der Waals surface area contributed by atoms with Crippen LogP contribution in [-0.2, 0) is 16.0 Å². The van der Waals surface area contributed by atoms with Gasteiger partial charge < -0.3 is 15.2 Å². The Morgan fingerprint density at radius 2 is 2.32 bits per heavy atom. The number of aliphatic carboxylic acids is 1. The van der Waals surface area contributed by atoms with Gasteiger partial charge in [-0.05, 0) is 11.8 Å². The molecule has 6 heteroatoms. The van der Waals surface area contributed by atoms with Crippen molar-refractivity contribution in [2.45, 2.75) is 33.1 Å². The van der Waals surface area contributed by atoms with Crippen LogP contribution in [0.4, 0.5) is 5.13 Å². The number of aryl methyl sites for hydroxylation is 1. The highest BCUT2D eigenvalue weighted by Crippen LogP contribution is 2.23. The van der Waals surface area contributed by atoms with Gasteiger partial charge in [-0.15, -0.1) is 11.3 Å². The molecule has 5 nitrogen and oxygen atoms in total. The van der Waals surface area contributed by atoms with Crippen LogP contribution in [0.2, 0.25) is 0 Å². The Hall–Kier alpha value is -1.14. The van der Waals surface area contributed by atoms with Crippen LogP contribution in [0, 0.1) is 5.41 Å². The predicted octanol–water partition coefficient (Wildman–Crippen LogP) is 2.63. The fourth-order valence-corrected chi connectivity index (χ4v) is 2.26. The van der Waals surface area contributed by atoms with Crippen LogP contribution in [0.1, 0.15) is 32.4 Å². The van der Waals surface area contributed by atoms with Crippen LogP contribution in [0.15, 0.2) is 5.38 Å². The lowest BCUT2D eigenvalue weighted by Gasteiger charge is -2.24. The molecule has 19 heavy (non-hydrogen) atoms. The highest BCUT2D eigenvalue weighted by Gasteiger charge is 2.17. The number of rotatable bonds is 9. The Kier molecular flexibility index (Phi) is 6.24. The zero-order chi connectivity index (χ0) is 14.3. The van der Waals surface area contributed by atoms with Crippen LogP contribution >= 0.6 is 11.3 Å². The lowest BCUT2D eigenvalue weighted by Crippen LogP contribution is -2.24. The number of nitrogens with one attached hydrogen (secondary N) is 1. The van der Waals surface area contributed by atoms with E-state index in [4.69, 9.17) is 9.84 Å². The number of carbonyl (C=O) groups is 1. The van der Waals surface area contributed by atoms with Gasteiger partial charge in [0, 0.05) is 32.1 Å². The van der Waals surface area contributed by atoms with Crippen LogP contribution in [0.5, 0.6) is 0 Å². The van der Waals surface area contributed by atoms with E-state index in [0.29, 0.717) is 6.42 Å². The van der Waals surface area contributed by atoms with Gasteiger partial charge in [0.25, 0.3) is 0 Å². The third kappa shape index (κ3) is 6.54. The van der Waals surface area contributed by atoms with E-state index in [0.717, 1.165) is 30.4 Å². The van der Waals surface area contributed by atoms with Crippen molar-refractivity contribution in [3.63, 3.8) is 0 Å². The number of aromatic nitrogens is 1. The Bertz CT molecular complexity index is 404. The Labute approximate surface area is 118 Å². The van der Waals surface area contributed by atoms with Gasteiger partial charge >= 0.3 is 5.97 Å². The minimum Gasteiger partial charge on any atom is -0.481 e. The van der Waals surface area contributed by atoms with Crippen molar-refractivity contribution in [2.24, 2.45) is 5.41 Å². The van der Waals surface area contributed by atoms with Gasteiger partial charge in [-0.2, -0.15) is 0 Å². The molecule has 0 fully saturated rings. The van der Waals surface area contributed by atoms with Crippen molar-refractivity contribution in [1.82, 2.24) is 4.98 Å². The molecule has 1 aromatic heterocycles. The van der Waals surface area contributed by atoms with Crippen LogP contribution in [-0.4, -0.2) is 36.3 Å². The van der Waals surface area contributed by atoms with Gasteiger partial charge in [-0.3, -0.25) is 4.79 Å². The van der Waals surface area contributed by atoms with Crippen molar-refractivity contribution in [1.29, 1.82) is 0 Å². The molecule has 0 amide bonds. The number of ether oxygens (including phenoxy) is 1. The van der Waals surface area contributed by atoms with E-state index < -0.39 is 5.97 Å². The summed E-state index contributed by atoms with van der Waals surface area (Å²) in [5, 5.41) is 14.7. The number of carboxylic acids is 1. The second-order valence-corrected chi connectivity index (χ2v) is 6.16. The van der Waals surface area contributed by atoms with Crippen LogP contribution in [0.3, 0.4) is 0 Å². The van der Waals surface area contributed by atoms with Crippen LogP contribution < -0.4 is 5.32 Å². The van der Waals surface area contributed by atoms with E-state index in [9.17, 15) is 4.79 Å². The molecule has 1 rings (SSSR count). The van der Waals surface area contributed by atoms with E-state index in [1.165, 1.54) is 11.3 Å². The number of carboxylic acid groups (broad SMARTS) is 1. The Balaban J connectivity index is 2.39. The van der Waals surface area contributed by atoms with Gasteiger partial charge in [0.1, 0.15) is 0 Å². The molecule has 0 saturated heterocycles. The maximum absolute atomic E-state index is 10.5. The summed E-state index contributed by atoms with van der Waals surface area (Å²) < 4.78 is 5.09. The lowest BCUT2D eigenvalue weighted by atomic mass is 9.90. The minimum atomic E-state index is -0.789. The standard InChI is InChI=1S/C13H22N2O3S/c1-13(2,6-7-18-3)9-14-12-15-10(8-19-12)4-5-11(16)17/h8H,4-7,9H2,1-3H3,(H,14,15)(H,16,17). The van der Waals surface area contributed by atoms with Gasteiger partial charge in [-0.1, -0.05) is 13.8 Å². The summed E-state index contributed by atoms with van der Waals surface area (Å²) in [6, 6.07) is 0. The molecule has 0 unspecified atom stereocenters. The number of nitrogens with zero attached hydrogens (tertiary/aromatic N) is 1. The molecule has 108 valence electrons. The molecule has 0 radical (unpaired) electrons. The van der Waals surface area contributed by atoms with Crippen molar-refractivity contribution >= 4 is 22.4 Å². The summed E-state index contributed by atoms with van der Waals surface area (Å²) >= 11 is 1.52.